The molecule has 6 nitrogen and oxygen atoms in total. The highest BCUT2D eigenvalue weighted by molar-refractivity contribution is 5.71. The van der Waals surface area contributed by atoms with Crippen LogP contribution in [-0.2, 0) is 28.6 Å². The number of hydrogen-bond acceptors (Lipinski definition) is 6. The fraction of sp³-hybridized carbons (Fsp3) is 0.938. The van der Waals surface area contributed by atoms with Crippen LogP contribution < -0.4 is 0 Å². The summed E-state index contributed by atoms with van der Waals surface area (Å²) < 4.78 is 16.7. The Hall–Kier alpha value is -1.59. The minimum Gasteiger partial charge on any atom is -0.462 e. The summed E-state index contributed by atoms with van der Waals surface area (Å²) in [4.78, 5) is 37.7. The lowest BCUT2D eigenvalue weighted by Crippen LogP contribution is -2.30. The second-order valence-corrected chi connectivity index (χ2v) is 16.6. The van der Waals surface area contributed by atoms with Crippen LogP contribution in [0, 0.1) is 5.92 Å². The smallest absolute Gasteiger partial charge is 0.306 e. The van der Waals surface area contributed by atoms with Gasteiger partial charge in [-0.15, -0.1) is 0 Å². The van der Waals surface area contributed by atoms with Crippen LogP contribution in [0.3, 0.4) is 0 Å². The van der Waals surface area contributed by atoms with Crippen LogP contribution >= 0.6 is 0 Å². The maximum Gasteiger partial charge on any atom is 0.306 e. The van der Waals surface area contributed by atoms with Crippen LogP contribution in [0.4, 0.5) is 0 Å². The third-order valence-electron chi connectivity index (χ3n) is 11.2. The summed E-state index contributed by atoms with van der Waals surface area (Å²) in [5.41, 5.74) is 0. The van der Waals surface area contributed by atoms with Crippen LogP contribution in [0.5, 0.6) is 0 Å². The van der Waals surface area contributed by atoms with Gasteiger partial charge >= 0.3 is 17.9 Å². The Kier molecular flexibility index (Phi) is 41.3. The molecule has 0 N–H and O–H groups in total. The molecule has 0 aliphatic rings. The van der Waals surface area contributed by atoms with Crippen LogP contribution in [0.1, 0.15) is 265 Å². The number of carbonyl (C=O) groups is 3. The fourth-order valence-corrected chi connectivity index (χ4v) is 7.12. The zero-order valence-electron chi connectivity index (χ0n) is 36.7. The number of esters is 3. The molecular formula is C48H92O6. The van der Waals surface area contributed by atoms with Gasteiger partial charge in [0, 0.05) is 19.3 Å². The van der Waals surface area contributed by atoms with Crippen molar-refractivity contribution in [1.29, 1.82) is 0 Å². The molecule has 0 saturated heterocycles. The second-order valence-electron chi connectivity index (χ2n) is 16.6. The zero-order valence-corrected chi connectivity index (χ0v) is 36.7. The van der Waals surface area contributed by atoms with Crippen molar-refractivity contribution in [3.63, 3.8) is 0 Å². The summed E-state index contributed by atoms with van der Waals surface area (Å²) in [6, 6.07) is 0. The van der Waals surface area contributed by atoms with E-state index in [2.05, 4.69) is 27.7 Å². The minimum absolute atomic E-state index is 0.0642. The number of hydrogen-bond donors (Lipinski definition) is 0. The van der Waals surface area contributed by atoms with E-state index in [-0.39, 0.29) is 31.1 Å². The van der Waals surface area contributed by atoms with Crippen molar-refractivity contribution in [1.82, 2.24) is 0 Å². The number of carbonyl (C=O) groups excluding carboxylic acids is 3. The van der Waals surface area contributed by atoms with Gasteiger partial charge in [-0.3, -0.25) is 14.4 Å². The molecule has 0 aliphatic carbocycles. The third-order valence-corrected chi connectivity index (χ3v) is 11.2. The monoisotopic (exact) mass is 765 g/mol. The summed E-state index contributed by atoms with van der Waals surface area (Å²) in [5, 5.41) is 0. The molecule has 0 aromatic heterocycles. The highest BCUT2D eigenvalue weighted by atomic mass is 16.6. The third kappa shape index (κ3) is 40.1. The van der Waals surface area contributed by atoms with Gasteiger partial charge < -0.3 is 14.2 Å². The lowest BCUT2D eigenvalue weighted by Gasteiger charge is -2.18. The molecule has 0 aromatic rings. The van der Waals surface area contributed by atoms with Crippen molar-refractivity contribution in [2.75, 3.05) is 13.2 Å². The van der Waals surface area contributed by atoms with Crippen molar-refractivity contribution in [3.05, 3.63) is 0 Å². The van der Waals surface area contributed by atoms with E-state index in [1.807, 2.05) is 0 Å². The van der Waals surface area contributed by atoms with E-state index in [4.69, 9.17) is 14.2 Å². The Morgan fingerprint density at radius 3 is 0.963 bits per heavy atom. The Labute approximate surface area is 336 Å². The Morgan fingerprint density at radius 2 is 0.648 bits per heavy atom. The normalized spacial score (nSPS) is 12.4. The summed E-state index contributed by atoms with van der Waals surface area (Å²) in [6.45, 7) is 8.97. The largest absolute Gasteiger partial charge is 0.462 e. The quantitative estimate of drug-likeness (QED) is 0.0349. The molecule has 0 heterocycles. The molecule has 0 spiro atoms. The van der Waals surface area contributed by atoms with Gasteiger partial charge in [-0.05, 0) is 25.2 Å². The van der Waals surface area contributed by atoms with Crippen LogP contribution in [-0.4, -0.2) is 37.2 Å². The molecule has 0 saturated carbocycles. The highest BCUT2D eigenvalue weighted by Gasteiger charge is 2.19. The Bertz CT molecular complexity index is 813. The average Bonchev–Trinajstić information content (AvgIpc) is 3.17. The first kappa shape index (κ1) is 52.4. The molecule has 0 bridgehead atoms. The number of ether oxygens (including phenoxy) is 3. The van der Waals surface area contributed by atoms with Gasteiger partial charge in [0.15, 0.2) is 6.10 Å². The summed E-state index contributed by atoms with van der Waals surface area (Å²) >= 11 is 0. The van der Waals surface area contributed by atoms with Gasteiger partial charge in [0.05, 0.1) is 0 Å². The molecule has 2 atom stereocenters. The topological polar surface area (TPSA) is 78.9 Å². The molecular weight excluding hydrogens is 673 g/mol. The van der Waals surface area contributed by atoms with Gasteiger partial charge in [-0.25, -0.2) is 0 Å². The molecule has 0 aliphatic heterocycles. The molecule has 0 amide bonds. The van der Waals surface area contributed by atoms with Crippen LogP contribution in [0.25, 0.3) is 0 Å². The van der Waals surface area contributed by atoms with Gasteiger partial charge in [0.1, 0.15) is 13.2 Å². The van der Waals surface area contributed by atoms with Crippen molar-refractivity contribution in [2.24, 2.45) is 5.92 Å². The van der Waals surface area contributed by atoms with E-state index < -0.39 is 6.10 Å². The van der Waals surface area contributed by atoms with E-state index in [0.717, 1.165) is 63.7 Å². The van der Waals surface area contributed by atoms with Crippen LogP contribution in [0.2, 0.25) is 0 Å². The lowest BCUT2D eigenvalue weighted by molar-refractivity contribution is -0.167. The standard InChI is InChI=1S/C48H92O6/c1-5-8-10-12-14-16-18-20-21-23-25-27-32-36-40-47(50)53-43-45(54-48(51)41-37-33-29-28-30-34-38-44(4)7-3)42-52-46(49)39-35-31-26-24-22-19-17-15-13-11-9-6-2/h44-45H,5-43H2,1-4H3/t44?,45-/m1/s1. The summed E-state index contributed by atoms with van der Waals surface area (Å²) in [5.74, 6) is -0.0437. The Morgan fingerprint density at radius 1 is 0.370 bits per heavy atom. The van der Waals surface area contributed by atoms with Gasteiger partial charge in [-0.2, -0.15) is 0 Å². The molecule has 0 aromatic carbocycles. The molecule has 320 valence electrons. The molecule has 6 heteroatoms. The maximum absolute atomic E-state index is 12.7. The predicted molar refractivity (Wildman–Crippen MR) is 229 cm³/mol. The van der Waals surface area contributed by atoms with E-state index in [9.17, 15) is 14.4 Å². The maximum atomic E-state index is 12.7. The van der Waals surface area contributed by atoms with Crippen molar-refractivity contribution in [2.45, 2.75) is 271 Å². The van der Waals surface area contributed by atoms with E-state index >= 15 is 0 Å². The zero-order chi connectivity index (χ0) is 39.6. The van der Waals surface area contributed by atoms with E-state index in [1.54, 1.807) is 0 Å². The van der Waals surface area contributed by atoms with Gasteiger partial charge in [0.2, 0.25) is 0 Å². The minimum atomic E-state index is -0.760. The predicted octanol–water partition coefficient (Wildman–Crippen LogP) is 15.1. The van der Waals surface area contributed by atoms with E-state index in [1.165, 1.54) is 161 Å². The first-order valence-electron chi connectivity index (χ1n) is 23.9. The summed E-state index contributed by atoms with van der Waals surface area (Å²) in [7, 11) is 0. The van der Waals surface area contributed by atoms with Crippen molar-refractivity contribution >= 4 is 17.9 Å². The van der Waals surface area contributed by atoms with Crippen molar-refractivity contribution in [3.8, 4) is 0 Å². The highest BCUT2D eigenvalue weighted by Crippen LogP contribution is 2.17. The molecule has 54 heavy (non-hydrogen) atoms. The van der Waals surface area contributed by atoms with E-state index in [0.29, 0.717) is 19.3 Å². The molecule has 1 unspecified atom stereocenters. The Balaban J connectivity index is 4.31. The first-order chi connectivity index (χ1) is 26.4. The number of unbranched alkanes of at least 4 members (excludes halogenated alkanes) is 29. The fourth-order valence-electron chi connectivity index (χ4n) is 7.12. The second kappa shape index (κ2) is 42.6. The molecule has 0 rings (SSSR count). The van der Waals surface area contributed by atoms with Gasteiger partial charge in [0.25, 0.3) is 0 Å². The SMILES string of the molecule is CCCCCCCCCCCCCCCCC(=O)OC[C@@H](COC(=O)CCCCCCCCCCCCCC)OC(=O)CCCCCCCCC(C)CC. The van der Waals surface area contributed by atoms with Gasteiger partial charge in [-0.1, -0.05) is 227 Å². The average molecular weight is 765 g/mol. The van der Waals surface area contributed by atoms with Crippen molar-refractivity contribution < 1.29 is 28.6 Å². The van der Waals surface area contributed by atoms with Crippen LogP contribution in [0.15, 0.2) is 0 Å². The summed E-state index contributed by atoms with van der Waals surface area (Å²) in [6.07, 6.45) is 42.3. The molecule has 0 fully saturated rings. The number of rotatable bonds is 43. The first-order valence-corrected chi connectivity index (χ1v) is 23.9. The lowest BCUT2D eigenvalue weighted by atomic mass is 10.00. The molecule has 0 radical (unpaired) electrons.